The van der Waals surface area contributed by atoms with Gasteiger partial charge < -0.3 is 19.1 Å². The minimum Gasteiger partial charge on any atom is -0.463 e. The Morgan fingerprint density at radius 3 is 2.58 bits per heavy atom. The van der Waals surface area contributed by atoms with Gasteiger partial charge in [0.15, 0.2) is 0 Å². The van der Waals surface area contributed by atoms with Gasteiger partial charge in [-0.2, -0.15) is 0 Å². The van der Waals surface area contributed by atoms with Crippen molar-refractivity contribution in [1.29, 1.82) is 0 Å². The first-order chi connectivity index (χ1) is 16.0. The third kappa shape index (κ3) is 4.69. The molecule has 1 aromatic heterocycles. The lowest BCUT2D eigenvalue weighted by Gasteiger charge is -2.26. The van der Waals surface area contributed by atoms with Crippen LogP contribution < -0.4 is 9.64 Å². The molecule has 2 heterocycles. The molecule has 0 atom stereocenters. The standard InChI is InChI=1S/C26H34ClFN4O/c1-5-18(6-2)21-10-11-22(27)24-25(21)32-14-8-7-13-31(26(32)29-24)23-12-9-20(33-17-28)15-19(23)16-30(3)4/h9-12,15,18H,5-8,13-14,16-17H2,1-4H3. The molecular weight excluding hydrogens is 439 g/mol. The Morgan fingerprint density at radius 1 is 1.12 bits per heavy atom. The fourth-order valence-corrected chi connectivity index (χ4v) is 5.20. The van der Waals surface area contributed by atoms with Crippen LogP contribution in [0.5, 0.6) is 5.75 Å². The number of hydrogen-bond acceptors (Lipinski definition) is 4. The van der Waals surface area contributed by atoms with E-state index in [0.717, 1.165) is 68.0 Å². The van der Waals surface area contributed by atoms with E-state index in [1.807, 2.05) is 38.4 Å². The summed E-state index contributed by atoms with van der Waals surface area (Å²) in [5.41, 5.74) is 5.55. The second-order valence-electron chi connectivity index (χ2n) is 9.05. The number of aryl methyl sites for hydroxylation is 1. The molecule has 3 aromatic rings. The summed E-state index contributed by atoms with van der Waals surface area (Å²) in [5, 5.41) is 0.695. The number of rotatable bonds is 8. The van der Waals surface area contributed by atoms with Gasteiger partial charge >= 0.3 is 0 Å². The Balaban J connectivity index is 1.91. The number of aromatic nitrogens is 2. The van der Waals surface area contributed by atoms with Crippen molar-refractivity contribution >= 4 is 34.3 Å². The van der Waals surface area contributed by atoms with Gasteiger partial charge in [0.1, 0.15) is 11.3 Å². The van der Waals surface area contributed by atoms with Crippen molar-refractivity contribution in [3.63, 3.8) is 0 Å². The van der Waals surface area contributed by atoms with Crippen LogP contribution in [0.1, 0.15) is 56.6 Å². The lowest BCUT2D eigenvalue weighted by molar-refractivity contribution is 0.191. The van der Waals surface area contributed by atoms with Crippen molar-refractivity contribution in [2.45, 2.75) is 58.5 Å². The Bertz CT molecular complexity index is 1110. The molecule has 0 saturated carbocycles. The summed E-state index contributed by atoms with van der Waals surface area (Å²) < 4.78 is 20.3. The van der Waals surface area contributed by atoms with E-state index in [-0.39, 0.29) is 0 Å². The van der Waals surface area contributed by atoms with E-state index in [9.17, 15) is 4.39 Å². The number of alkyl halides is 1. The minimum absolute atomic E-state index is 0.476. The highest BCUT2D eigenvalue weighted by Gasteiger charge is 2.27. The molecule has 0 fully saturated rings. The normalized spacial score (nSPS) is 14.2. The first kappa shape index (κ1) is 23.8. The van der Waals surface area contributed by atoms with Gasteiger partial charge in [0.05, 0.1) is 10.5 Å². The molecule has 0 N–H and O–H groups in total. The first-order valence-electron chi connectivity index (χ1n) is 11.9. The maximum absolute atomic E-state index is 12.8. The molecular formula is C26H34ClFN4O. The van der Waals surface area contributed by atoms with Gasteiger partial charge in [0, 0.05) is 25.3 Å². The van der Waals surface area contributed by atoms with Crippen LogP contribution in [0.25, 0.3) is 11.0 Å². The van der Waals surface area contributed by atoms with E-state index in [4.69, 9.17) is 21.3 Å². The quantitative estimate of drug-likeness (QED) is 0.357. The van der Waals surface area contributed by atoms with Crippen LogP contribution in [0.3, 0.4) is 0 Å². The SMILES string of the molecule is CCC(CC)c1ccc(Cl)c2nc3n(c12)CCCCN3c1ccc(OCF)cc1CN(C)C. The van der Waals surface area contributed by atoms with Crippen molar-refractivity contribution in [3.05, 3.63) is 46.5 Å². The van der Waals surface area contributed by atoms with Gasteiger partial charge in [0.2, 0.25) is 12.8 Å². The molecule has 0 unspecified atom stereocenters. The highest BCUT2D eigenvalue weighted by Crippen LogP contribution is 2.40. The Kier molecular flexibility index (Phi) is 7.45. The van der Waals surface area contributed by atoms with Crippen molar-refractivity contribution in [2.24, 2.45) is 0 Å². The summed E-state index contributed by atoms with van der Waals surface area (Å²) in [5.74, 6) is 1.95. The molecule has 0 amide bonds. The summed E-state index contributed by atoms with van der Waals surface area (Å²) in [6.07, 6.45) is 4.31. The van der Waals surface area contributed by atoms with E-state index in [2.05, 4.69) is 34.3 Å². The molecule has 5 nitrogen and oxygen atoms in total. The molecule has 7 heteroatoms. The average molecular weight is 473 g/mol. The predicted molar refractivity (Wildman–Crippen MR) is 135 cm³/mol. The van der Waals surface area contributed by atoms with Gasteiger partial charge in [-0.25, -0.2) is 9.37 Å². The van der Waals surface area contributed by atoms with Crippen molar-refractivity contribution < 1.29 is 9.13 Å². The third-order valence-electron chi connectivity index (χ3n) is 6.59. The monoisotopic (exact) mass is 472 g/mol. The van der Waals surface area contributed by atoms with Crippen LogP contribution >= 0.6 is 11.6 Å². The number of benzene rings is 2. The van der Waals surface area contributed by atoms with Crippen molar-refractivity contribution in [1.82, 2.24) is 14.5 Å². The number of nitrogens with zero attached hydrogens (tertiary/aromatic N) is 4. The summed E-state index contributed by atoms with van der Waals surface area (Å²) in [6, 6.07) is 9.99. The smallest absolute Gasteiger partial charge is 0.228 e. The summed E-state index contributed by atoms with van der Waals surface area (Å²) >= 11 is 6.68. The molecule has 4 rings (SSSR count). The fraction of sp³-hybridized carbons (Fsp3) is 0.500. The largest absolute Gasteiger partial charge is 0.463 e. The van der Waals surface area contributed by atoms with E-state index in [1.165, 1.54) is 11.1 Å². The van der Waals surface area contributed by atoms with Crippen molar-refractivity contribution in [3.8, 4) is 5.75 Å². The summed E-state index contributed by atoms with van der Waals surface area (Å²) in [4.78, 5) is 9.53. The van der Waals surface area contributed by atoms with Crippen LogP contribution in [-0.2, 0) is 13.1 Å². The maximum Gasteiger partial charge on any atom is 0.228 e. The molecule has 0 bridgehead atoms. The lowest BCUT2D eigenvalue weighted by atomic mass is 9.93. The molecule has 0 spiro atoms. The topological polar surface area (TPSA) is 33.5 Å². The molecule has 33 heavy (non-hydrogen) atoms. The van der Waals surface area contributed by atoms with Gasteiger partial charge in [0.25, 0.3) is 0 Å². The second-order valence-corrected chi connectivity index (χ2v) is 9.46. The number of fused-ring (bicyclic) bond motifs is 3. The molecule has 2 aromatic carbocycles. The second kappa shape index (κ2) is 10.3. The number of hydrogen-bond donors (Lipinski definition) is 0. The van der Waals surface area contributed by atoms with Crippen LogP contribution in [0.15, 0.2) is 30.3 Å². The summed E-state index contributed by atoms with van der Waals surface area (Å²) in [6.45, 7) is 6.16. The lowest BCUT2D eigenvalue weighted by Crippen LogP contribution is -2.23. The highest BCUT2D eigenvalue weighted by atomic mass is 35.5. The number of ether oxygens (including phenoxy) is 1. The van der Waals surface area contributed by atoms with E-state index in [0.29, 0.717) is 16.7 Å². The Labute approximate surface area is 201 Å². The molecule has 0 radical (unpaired) electrons. The van der Waals surface area contributed by atoms with Gasteiger partial charge in [-0.1, -0.05) is 31.5 Å². The zero-order valence-electron chi connectivity index (χ0n) is 20.1. The highest BCUT2D eigenvalue weighted by molar-refractivity contribution is 6.35. The molecule has 1 aliphatic rings. The van der Waals surface area contributed by atoms with Crippen LogP contribution in [-0.4, -0.2) is 42.0 Å². The van der Waals surface area contributed by atoms with Gasteiger partial charge in [-0.05, 0) is 81.1 Å². The van der Waals surface area contributed by atoms with E-state index < -0.39 is 6.86 Å². The van der Waals surface area contributed by atoms with Crippen LogP contribution in [0.4, 0.5) is 16.0 Å². The van der Waals surface area contributed by atoms with Crippen LogP contribution in [0, 0.1) is 0 Å². The van der Waals surface area contributed by atoms with E-state index >= 15 is 0 Å². The van der Waals surface area contributed by atoms with Gasteiger partial charge in [-0.15, -0.1) is 0 Å². The first-order valence-corrected chi connectivity index (χ1v) is 12.3. The number of halogens is 2. The van der Waals surface area contributed by atoms with E-state index in [1.54, 1.807) is 0 Å². The van der Waals surface area contributed by atoms with Crippen LogP contribution in [0.2, 0.25) is 5.02 Å². The van der Waals surface area contributed by atoms with Crippen molar-refractivity contribution in [2.75, 3.05) is 32.4 Å². The number of imidazole rings is 1. The zero-order chi connectivity index (χ0) is 23.5. The molecule has 0 saturated heterocycles. The fourth-order valence-electron chi connectivity index (χ4n) is 5.01. The molecule has 178 valence electrons. The third-order valence-corrected chi connectivity index (χ3v) is 6.89. The maximum atomic E-state index is 12.8. The minimum atomic E-state index is -0.836. The molecule has 0 aliphatic carbocycles. The summed E-state index contributed by atoms with van der Waals surface area (Å²) in [7, 11) is 4.07. The average Bonchev–Trinajstić information content (AvgIpc) is 3.05. The Hall–Kier alpha value is -2.31. The Morgan fingerprint density at radius 2 is 1.88 bits per heavy atom. The predicted octanol–water partition coefficient (Wildman–Crippen LogP) is 6.89. The zero-order valence-corrected chi connectivity index (χ0v) is 20.8. The molecule has 1 aliphatic heterocycles. The number of anilines is 2. The van der Waals surface area contributed by atoms with Gasteiger partial charge in [-0.3, -0.25) is 0 Å².